The van der Waals surface area contributed by atoms with Crippen LogP contribution in [0.5, 0.6) is 0 Å². The van der Waals surface area contributed by atoms with E-state index in [1.807, 2.05) is 28.9 Å². The maximum Gasteiger partial charge on any atom is 0.113 e. The number of unbranched alkanes of at least 4 members (excludes halogenated alkanes) is 1. The van der Waals surface area contributed by atoms with Gasteiger partial charge in [-0.05, 0) is 25.0 Å². The Hall–Kier alpha value is -1.42. The minimum absolute atomic E-state index is 0.243. The van der Waals surface area contributed by atoms with Crippen LogP contribution in [0.2, 0.25) is 0 Å². The number of hydrogen-bond donors (Lipinski definition) is 0. The van der Waals surface area contributed by atoms with Crippen molar-refractivity contribution in [3.63, 3.8) is 0 Å². The van der Waals surface area contributed by atoms with Crippen molar-refractivity contribution in [2.45, 2.75) is 19.4 Å². The standard InChI is InChI=1S/C10H12N4/c11-7-3-4-8-14-10-6-2-1-5-9(10)12-13-14/h1-2,5-6H,3-4,7-8H2. The van der Waals surface area contributed by atoms with Crippen LogP contribution in [0.25, 0.3) is 11.0 Å². The van der Waals surface area contributed by atoms with Gasteiger partial charge in [0.05, 0.1) is 5.52 Å². The molecule has 0 amide bonds. The number of fused-ring (bicyclic) bond motifs is 1. The van der Waals surface area contributed by atoms with Gasteiger partial charge in [-0.2, -0.15) is 0 Å². The fraction of sp³-hybridized carbons (Fsp3) is 0.400. The van der Waals surface area contributed by atoms with Crippen LogP contribution >= 0.6 is 0 Å². The number of benzene rings is 1. The van der Waals surface area contributed by atoms with Crippen molar-refractivity contribution in [1.29, 1.82) is 0 Å². The Morgan fingerprint density at radius 1 is 1.21 bits per heavy atom. The quantitative estimate of drug-likeness (QED) is 0.679. The Balaban J connectivity index is 2.17. The van der Waals surface area contributed by atoms with E-state index in [1.165, 1.54) is 0 Å². The van der Waals surface area contributed by atoms with Gasteiger partial charge in [-0.1, -0.05) is 17.3 Å². The predicted octanol–water partition coefficient (Wildman–Crippen LogP) is 1.28. The van der Waals surface area contributed by atoms with Crippen molar-refractivity contribution in [2.24, 2.45) is 0 Å². The summed E-state index contributed by atoms with van der Waals surface area (Å²) in [5, 5.41) is 8.10. The van der Waals surface area contributed by atoms with Crippen LogP contribution in [-0.2, 0) is 6.54 Å². The van der Waals surface area contributed by atoms with Gasteiger partial charge in [-0.25, -0.2) is 4.68 Å². The van der Waals surface area contributed by atoms with E-state index >= 15 is 0 Å². The summed E-state index contributed by atoms with van der Waals surface area (Å²) in [7, 11) is 0. The van der Waals surface area contributed by atoms with Crippen molar-refractivity contribution in [3.8, 4) is 0 Å². The number of aromatic nitrogens is 3. The second-order valence-electron chi connectivity index (χ2n) is 3.23. The molecule has 0 N–H and O–H groups in total. The van der Waals surface area contributed by atoms with Gasteiger partial charge in [0.15, 0.2) is 0 Å². The third-order valence-corrected chi connectivity index (χ3v) is 2.20. The molecular formula is C10H12N4. The third-order valence-electron chi connectivity index (χ3n) is 2.20. The van der Waals surface area contributed by atoms with Crippen LogP contribution in [0.15, 0.2) is 24.3 Å². The monoisotopic (exact) mass is 188 g/mol. The summed E-state index contributed by atoms with van der Waals surface area (Å²) >= 11 is 0. The van der Waals surface area contributed by atoms with Crippen LogP contribution in [0, 0.1) is 0 Å². The highest BCUT2D eigenvalue weighted by atomic mass is 15.4. The van der Waals surface area contributed by atoms with Gasteiger partial charge < -0.3 is 0 Å². The summed E-state index contributed by atoms with van der Waals surface area (Å²) in [4.78, 5) is 0. The van der Waals surface area contributed by atoms with Crippen molar-refractivity contribution >= 4 is 11.0 Å². The molecule has 2 radical (unpaired) electrons. The maximum atomic E-state index is 8.66. The molecule has 1 aromatic heterocycles. The highest BCUT2D eigenvalue weighted by Gasteiger charge is 2.01. The van der Waals surface area contributed by atoms with E-state index < -0.39 is 0 Å². The van der Waals surface area contributed by atoms with E-state index in [9.17, 15) is 0 Å². The van der Waals surface area contributed by atoms with Gasteiger partial charge in [-0.15, -0.1) is 10.8 Å². The van der Waals surface area contributed by atoms with Crippen LogP contribution in [0.1, 0.15) is 12.8 Å². The van der Waals surface area contributed by atoms with Crippen molar-refractivity contribution in [3.05, 3.63) is 24.3 Å². The fourth-order valence-corrected chi connectivity index (χ4v) is 1.46. The highest BCUT2D eigenvalue weighted by Crippen LogP contribution is 2.10. The summed E-state index contributed by atoms with van der Waals surface area (Å²) in [6.07, 6.45) is 1.75. The number of para-hydroxylation sites is 1. The molecule has 1 heterocycles. The molecule has 0 saturated heterocycles. The van der Waals surface area contributed by atoms with E-state index in [0.717, 1.165) is 30.4 Å². The summed E-state index contributed by atoms with van der Waals surface area (Å²) in [6.45, 7) is 1.06. The normalized spacial score (nSPS) is 10.9. The Kier molecular flexibility index (Phi) is 2.74. The zero-order valence-electron chi connectivity index (χ0n) is 7.93. The lowest BCUT2D eigenvalue weighted by molar-refractivity contribution is 0.556. The van der Waals surface area contributed by atoms with Gasteiger partial charge in [0.2, 0.25) is 0 Å². The lowest BCUT2D eigenvalue weighted by Gasteiger charge is -1.99. The molecule has 0 atom stereocenters. The lowest BCUT2D eigenvalue weighted by Crippen LogP contribution is -2.01. The molecule has 2 aromatic rings. The van der Waals surface area contributed by atoms with Gasteiger partial charge in [-0.3, -0.25) is 0 Å². The number of hydrogen-bond acceptors (Lipinski definition) is 2. The minimum Gasteiger partial charge on any atom is -0.245 e. The van der Waals surface area contributed by atoms with E-state index in [2.05, 4.69) is 10.3 Å². The van der Waals surface area contributed by atoms with Crippen LogP contribution in [0.4, 0.5) is 0 Å². The molecule has 0 aliphatic carbocycles. The number of aryl methyl sites for hydroxylation is 1. The second kappa shape index (κ2) is 4.19. The van der Waals surface area contributed by atoms with Gasteiger partial charge in [0.25, 0.3) is 0 Å². The Morgan fingerprint density at radius 2 is 2.07 bits per heavy atom. The highest BCUT2D eigenvalue weighted by molar-refractivity contribution is 5.73. The maximum absolute atomic E-state index is 8.66. The van der Waals surface area contributed by atoms with Crippen LogP contribution in [0.3, 0.4) is 0 Å². The molecule has 1 aromatic carbocycles. The molecule has 0 bridgehead atoms. The molecule has 0 aliphatic heterocycles. The Morgan fingerprint density at radius 3 is 2.93 bits per heavy atom. The van der Waals surface area contributed by atoms with E-state index in [0.29, 0.717) is 0 Å². The lowest BCUT2D eigenvalue weighted by atomic mass is 10.3. The Bertz CT molecular complexity index is 407. The van der Waals surface area contributed by atoms with Gasteiger partial charge in [0.1, 0.15) is 5.52 Å². The first-order valence-corrected chi connectivity index (χ1v) is 4.81. The first kappa shape index (κ1) is 9.15. The first-order valence-electron chi connectivity index (χ1n) is 4.81. The van der Waals surface area contributed by atoms with Crippen LogP contribution in [-0.4, -0.2) is 21.5 Å². The largest absolute Gasteiger partial charge is 0.245 e. The summed E-state index contributed by atoms with van der Waals surface area (Å²) < 4.78 is 1.88. The molecule has 0 spiro atoms. The summed E-state index contributed by atoms with van der Waals surface area (Å²) in [6, 6.07) is 7.89. The van der Waals surface area contributed by atoms with Crippen molar-refractivity contribution in [2.75, 3.05) is 6.54 Å². The zero-order chi connectivity index (χ0) is 9.80. The average Bonchev–Trinajstić information content (AvgIpc) is 2.63. The zero-order valence-corrected chi connectivity index (χ0v) is 7.93. The molecule has 4 heteroatoms. The molecule has 14 heavy (non-hydrogen) atoms. The van der Waals surface area contributed by atoms with Crippen molar-refractivity contribution < 1.29 is 0 Å². The molecule has 0 saturated carbocycles. The van der Waals surface area contributed by atoms with Gasteiger partial charge in [0, 0.05) is 13.1 Å². The molecule has 4 nitrogen and oxygen atoms in total. The first-order chi connectivity index (χ1) is 6.92. The fourth-order valence-electron chi connectivity index (χ4n) is 1.46. The number of rotatable bonds is 4. The van der Waals surface area contributed by atoms with E-state index in [4.69, 9.17) is 5.73 Å². The average molecular weight is 188 g/mol. The molecule has 2 rings (SSSR count). The van der Waals surface area contributed by atoms with E-state index in [-0.39, 0.29) is 6.54 Å². The minimum atomic E-state index is 0.243. The molecule has 0 unspecified atom stereocenters. The Labute approximate surface area is 82.7 Å². The van der Waals surface area contributed by atoms with Crippen molar-refractivity contribution in [1.82, 2.24) is 20.7 Å². The smallest absolute Gasteiger partial charge is 0.113 e. The molecule has 0 fully saturated rings. The number of nitrogens with zero attached hydrogens (tertiary/aromatic N) is 4. The topological polar surface area (TPSA) is 53.0 Å². The molecule has 0 aliphatic rings. The molecule has 72 valence electrons. The predicted molar refractivity (Wildman–Crippen MR) is 53.8 cm³/mol. The van der Waals surface area contributed by atoms with Gasteiger partial charge >= 0.3 is 0 Å². The SMILES string of the molecule is [N]CCCCn1nnc2ccccc21. The van der Waals surface area contributed by atoms with E-state index in [1.54, 1.807) is 0 Å². The van der Waals surface area contributed by atoms with Crippen LogP contribution < -0.4 is 5.73 Å². The summed E-state index contributed by atoms with van der Waals surface area (Å²) in [5.74, 6) is 0. The second-order valence-corrected chi connectivity index (χ2v) is 3.23. The molecular weight excluding hydrogens is 176 g/mol. The summed E-state index contributed by atoms with van der Waals surface area (Å²) in [5.41, 5.74) is 10.7. The third kappa shape index (κ3) is 1.75.